The first-order chi connectivity index (χ1) is 7.82. The molecule has 0 aliphatic heterocycles. The average molecular weight is 244 g/mol. The lowest BCUT2D eigenvalue weighted by molar-refractivity contribution is -0.144. The number of ether oxygens (including phenoxy) is 1. The Balaban J connectivity index is 4.34. The minimum atomic E-state index is -0.631. The van der Waals surface area contributed by atoms with Gasteiger partial charge in [-0.15, -0.1) is 0 Å². The Hall–Kier alpha value is -1.10. The largest absolute Gasteiger partial charge is 0.467 e. The van der Waals surface area contributed by atoms with Gasteiger partial charge in [0.15, 0.2) is 0 Å². The molecule has 100 valence electrons. The maximum Gasteiger partial charge on any atom is 0.329 e. The third-order valence-corrected chi connectivity index (χ3v) is 2.52. The van der Waals surface area contributed by atoms with Crippen LogP contribution < -0.4 is 10.6 Å². The van der Waals surface area contributed by atoms with Gasteiger partial charge in [-0.3, -0.25) is 4.79 Å². The lowest BCUT2D eigenvalue weighted by Gasteiger charge is -2.28. The summed E-state index contributed by atoms with van der Waals surface area (Å²) in [6.07, 6.45) is 2.06. The fourth-order valence-corrected chi connectivity index (χ4v) is 1.67. The molecule has 17 heavy (non-hydrogen) atoms. The Kier molecular flexibility index (Phi) is 6.80. The molecular formula is C12H24N2O3. The number of methoxy groups -OCH3 is 1. The third kappa shape index (κ3) is 6.94. The van der Waals surface area contributed by atoms with Gasteiger partial charge in [0, 0.05) is 19.0 Å². The Bertz CT molecular complexity index is 264. The topological polar surface area (TPSA) is 67.4 Å². The van der Waals surface area contributed by atoms with E-state index in [1.165, 1.54) is 14.0 Å². The molecule has 0 aromatic carbocycles. The molecular weight excluding hydrogens is 220 g/mol. The monoisotopic (exact) mass is 244 g/mol. The molecule has 1 atom stereocenters. The molecule has 0 saturated heterocycles. The molecule has 0 fully saturated rings. The second-order valence-corrected chi connectivity index (χ2v) is 4.79. The first-order valence-corrected chi connectivity index (χ1v) is 5.92. The van der Waals surface area contributed by atoms with Crippen LogP contribution in [0.1, 0.15) is 40.5 Å². The maximum atomic E-state index is 11.4. The molecule has 5 heteroatoms. The highest BCUT2D eigenvalue weighted by atomic mass is 16.5. The van der Waals surface area contributed by atoms with Crippen molar-refractivity contribution in [2.75, 3.05) is 13.7 Å². The van der Waals surface area contributed by atoms with Gasteiger partial charge in [-0.1, -0.05) is 13.3 Å². The van der Waals surface area contributed by atoms with Gasteiger partial charge in [0.25, 0.3) is 0 Å². The van der Waals surface area contributed by atoms with Gasteiger partial charge in [-0.05, 0) is 20.3 Å². The van der Waals surface area contributed by atoms with Gasteiger partial charge in [0.05, 0.1) is 7.11 Å². The zero-order valence-electron chi connectivity index (χ0n) is 11.4. The van der Waals surface area contributed by atoms with Crippen LogP contribution in [0.3, 0.4) is 0 Å². The molecule has 0 radical (unpaired) electrons. The highest BCUT2D eigenvalue weighted by Crippen LogP contribution is 2.10. The normalized spacial score (nSPS) is 13.0. The van der Waals surface area contributed by atoms with Crippen LogP contribution in [-0.4, -0.2) is 37.1 Å². The Labute approximate surface area is 103 Å². The van der Waals surface area contributed by atoms with E-state index in [9.17, 15) is 9.59 Å². The van der Waals surface area contributed by atoms with Crippen LogP contribution in [-0.2, 0) is 14.3 Å². The quantitative estimate of drug-likeness (QED) is 0.651. The minimum Gasteiger partial charge on any atom is -0.467 e. The predicted molar refractivity (Wildman–Crippen MR) is 66.6 cm³/mol. The van der Waals surface area contributed by atoms with Gasteiger partial charge < -0.3 is 15.4 Å². The molecule has 0 bridgehead atoms. The van der Waals surface area contributed by atoms with Crippen LogP contribution in [0, 0.1) is 0 Å². The summed E-state index contributed by atoms with van der Waals surface area (Å²) >= 11 is 0. The Morgan fingerprint density at radius 2 is 1.94 bits per heavy atom. The van der Waals surface area contributed by atoms with E-state index in [4.69, 9.17) is 0 Å². The summed E-state index contributed by atoms with van der Waals surface area (Å²) in [5.74, 6) is -0.671. The van der Waals surface area contributed by atoms with Gasteiger partial charge >= 0.3 is 5.97 Å². The molecule has 0 spiro atoms. The standard InChI is InChI=1S/C12H24N2O3/c1-6-7-12(3,4)13-8-10(11(16)17-5)14-9(2)15/h10,13H,6-8H2,1-5H3,(H,14,15). The molecule has 0 aromatic rings. The number of hydrogen-bond acceptors (Lipinski definition) is 4. The smallest absolute Gasteiger partial charge is 0.329 e. The summed E-state index contributed by atoms with van der Waals surface area (Å²) in [5.41, 5.74) is -0.0561. The number of carbonyl (C=O) groups excluding carboxylic acids is 2. The van der Waals surface area contributed by atoms with Crippen molar-refractivity contribution in [2.24, 2.45) is 0 Å². The second-order valence-electron chi connectivity index (χ2n) is 4.79. The molecule has 2 N–H and O–H groups in total. The van der Waals surface area contributed by atoms with Crippen LogP contribution >= 0.6 is 0 Å². The second kappa shape index (κ2) is 7.27. The van der Waals surface area contributed by atoms with Crippen molar-refractivity contribution in [3.63, 3.8) is 0 Å². The van der Waals surface area contributed by atoms with Crippen molar-refractivity contribution in [1.82, 2.24) is 10.6 Å². The van der Waals surface area contributed by atoms with Crippen molar-refractivity contribution >= 4 is 11.9 Å². The molecule has 0 heterocycles. The first kappa shape index (κ1) is 15.9. The van der Waals surface area contributed by atoms with Crippen molar-refractivity contribution < 1.29 is 14.3 Å². The van der Waals surface area contributed by atoms with E-state index >= 15 is 0 Å². The van der Waals surface area contributed by atoms with Crippen LogP contribution in [0.25, 0.3) is 0 Å². The number of carbonyl (C=O) groups is 2. The van der Waals surface area contributed by atoms with E-state index in [-0.39, 0.29) is 11.4 Å². The molecule has 5 nitrogen and oxygen atoms in total. The summed E-state index contributed by atoms with van der Waals surface area (Å²) < 4.78 is 4.64. The zero-order chi connectivity index (χ0) is 13.5. The predicted octanol–water partition coefficient (Wildman–Crippen LogP) is 0.832. The van der Waals surface area contributed by atoms with Gasteiger partial charge in [0.2, 0.25) is 5.91 Å². The van der Waals surface area contributed by atoms with E-state index in [2.05, 4.69) is 36.1 Å². The van der Waals surface area contributed by atoms with Crippen LogP contribution in [0.4, 0.5) is 0 Å². The number of hydrogen-bond donors (Lipinski definition) is 2. The van der Waals surface area contributed by atoms with Gasteiger partial charge in [-0.2, -0.15) is 0 Å². The molecule has 1 amide bonds. The van der Waals surface area contributed by atoms with Crippen molar-refractivity contribution in [3.05, 3.63) is 0 Å². The lowest BCUT2D eigenvalue weighted by Crippen LogP contribution is -2.52. The van der Waals surface area contributed by atoms with E-state index in [1.54, 1.807) is 0 Å². The first-order valence-electron chi connectivity index (χ1n) is 5.92. The SMILES string of the molecule is CCCC(C)(C)NCC(NC(C)=O)C(=O)OC. The van der Waals surface area contributed by atoms with Crippen LogP contribution in [0.2, 0.25) is 0 Å². The van der Waals surface area contributed by atoms with Gasteiger partial charge in [-0.25, -0.2) is 4.79 Å². The van der Waals surface area contributed by atoms with Crippen LogP contribution in [0.5, 0.6) is 0 Å². The fourth-order valence-electron chi connectivity index (χ4n) is 1.67. The van der Waals surface area contributed by atoms with Crippen molar-refractivity contribution in [1.29, 1.82) is 0 Å². The Morgan fingerprint density at radius 1 is 1.35 bits per heavy atom. The van der Waals surface area contributed by atoms with E-state index in [1.807, 2.05) is 0 Å². The van der Waals surface area contributed by atoms with Crippen molar-refractivity contribution in [2.45, 2.75) is 52.1 Å². The summed E-state index contributed by atoms with van der Waals surface area (Å²) in [7, 11) is 1.31. The van der Waals surface area contributed by atoms with Crippen molar-refractivity contribution in [3.8, 4) is 0 Å². The molecule has 0 rings (SSSR count). The summed E-state index contributed by atoms with van der Waals surface area (Å²) in [6.45, 7) is 8.00. The fraction of sp³-hybridized carbons (Fsp3) is 0.833. The maximum absolute atomic E-state index is 11.4. The molecule has 0 aliphatic rings. The van der Waals surface area contributed by atoms with Crippen LogP contribution in [0.15, 0.2) is 0 Å². The summed E-state index contributed by atoms with van der Waals surface area (Å²) in [5, 5.41) is 5.83. The number of amides is 1. The number of rotatable bonds is 7. The summed E-state index contributed by atoms with van der Waals surface area (Å²) in [6, 6.07) is -0.631. The minimum absolute atomic E-state index is 0.0561. The number of esters is 1. The number of nitrogens with one attached hydrogen (secondary N) is 2. The highest BCUT2D eigenvalue weighted by Gasteiger charge is 2.23. The molecule has 1 unspecified atom stereocenters. The van der Waals surface area contributed by atoms with E-state index < -0.39 is 12.0 Å². The Morgan fingerprint density at radius 3 is 2.35 bits per heavy atom. The molecule has 0 aromatic heterocycles. The molecule has 0 aliphatic carbocycles. The lowest BCUT2D eigenvalue weighted by atomic mass is 9.98. The average Bonchev–Trinajstić information content (AvgIpc) is 2.22. The molecule has 0 saturated carbocycles. The summed E-state index contributed by atoms with van der Waals surface area (Å²) in [4.78, 5) is 22.4. The van der Waals surface area contributed by atoms with E-state index in [0.717, 1.165) is 12.8 Å². The zero-order valence-corrected chi connectivity index (χ0v) is 11.4. The highest BCUT2D eigenvalue weighted by molar-refractivity contribution is 5.83. The van der Waals surface area contributed by atoms with Gasteiger partial charge in [0.1, 0.15) is 6.04 Å². The third-order valence-electron chi connectivity index (χ3n) is 2.52. The van der Waals surface area contributed by atoms with E-state index in [0.29, 0.717) is 6.54 Å².